The largest absolute Gasteiger partial charge is 0.320 e. The standard InChI is InChI=1S/C21H18ClN5O/c1-15-5-4-6-16(13-15)14-27-21(26-11-2-3-12-26)19(24-25-27)20(28)23-18-9-7-17(22)8-10-18/h2-13H,14H2,1H3,(H,23,28). The Morgan fingerprint density at radius 1 is 1.07 bits per heavy atom. The van der Waals surface area contributed by atoms with Crippen molar-refractivity contribution in [3.8, 4) is 5.82 Å². The number of halogens is 1. The number of anilines is 1. The van der Waals surface area contributed by atoms with Gasteiger partial charge in [-0.1, -0.05) is 46.6 Å². The molecule has 0 radical (unpaired) electrons. The van der Waals surface area contributed by atoms with Crippen LogP contribution in [-0.4, -0.2) is 25.5 Å². The van der Waals surface area contributed by atoms with Gasteiger partial charge in [0.25, 0.3) is 5.91 Å². The fraction of sp³-hybridized carbons (Fsp3) is 0.0952. The van der Waals surface area contributed by atoms with E-state index < -0.39 is 0 Å². The Bertz CT molecular complexity index is 1100. The van der Waals surface area contributed by atoms with Crippen LogP contribution in [0.15, 0.2) is 73.1 Å². The lowest BCUT2D eigenvalue weighted by molar-refractivity contribution is 0.102. The summed E-state index contributed by atoms with van der Waals surface area (Å²) in [4.78, 5) is 12.9. The smallest absolute Gasteiger partial charge is 0.280 e. The van der Waals surface area contributed by atoms with Gasteiger partial charge in [0.15, 0.2) is 11.5 Å². The van der Waals surface area contributed by atoms with Gasteiger partial charge in [-0.25, -0.2) is 4.68 Å². The number of hydrogen-bond donors (Lipinski definition) is 1. The van der Waals surface area contributed by atoms with Gasteiger partial charge in [-0.15, -0.1) is 5.10 Å². The van der Waals surface area contributed by atoms with Crippen LogP contribution < -0.4 is 5.32 Å². The molecular weight excluding hydrogens is 374 g/mol. The van der Waals surface area contributed by atoms with Crippen LogP contribution in [0.2, 0.25) is 5.02 Å². The number of carbonyl (C=O) groups is 1. The molecule has 0 spiro atoms. The second kappa shape index (κ2) is 7.70. The second-order valence-corrected chi connectivity index (χ2v) is 6.90. The number of hydrogen-bond acceptors (Lipinski definition) is 3. The number of carbonyl (C=O) groups excluding carboxylic acids is 1. The summed E-state index contributed by atoms with van der Waals surface area (Å²) < 4.78 is 3.57. The van der Waals surface area contributed by atoms with E-state index in [1.165, 1.54) is 5.56 Å². The predicted molar refractivity (Wildman–Crippen MR) is 109 cm³/mol. The van der Waals surface area contributed by atoms with E-state index in [4.69, 9.17) is 11.6 Å². The first-order chi connectivity index (χ1) is 13.6. The molecule has 4 aromatic rings. The van der Waals surface area contributed by atoms with Gasteiger partial charge in [0.2, 0.25) is 0 Å². The van der Waals surface area contributed by atoms with E-state index in [1.54, 1.807) is 28.9 Å². The van der Waals surface area contributed by atoms with Crippen LogP contribution in [0.4, 0.5) is 5.69 Å². The van der Waals surface area contributed by atoms with Gasteiger partial charge in [-0.2, -0.15) is 0 Å². The monoisotopic (exact) mass is 391 g/mol. The van der Waals surface area contributed by atoms with Crippen molar-refractivity contribution in [1.29, 1.82) is 0 Å². The van der Waals surface area contributed by atoms with Crippen LogP contribution in [0.3, 0.4) is 0 Å². The zero-order valence-corrected chi connectivity index (χ0v) is 16.0. The van der Waals surface area contributed by atoms with E-state index in [9.17, 15) is 4.79 Å². The zero-order chi connectivity index (χ0) is 19.5. The number of amides is 1. The van der Waals surface area contributed by atoms with Crippen molar-refractivity contribution in [2.75, 3.05) is 5.32 Å². The summed E-state index contributed by atoms with van der Waals surface area (Å²) in [6, 6.07) is 18.9. The molecule has 0 unspecified atom stereocenters. The minimum atomic E-state index is -0.332. The molecule has 7 heteroatoms. The molecule has 2 heterocycles. The third kappa shape index (κ3) is 3.82. The molecule has 0 bridgehead atoms. The number of rotatable bonds is 5. The second-order valence-electron chi connectivity index (χ2n) is 6.46. The zero-order valence-electron chi connectivity index (χ0n) is 15.2. The van der Waals surface area contributed by atoms with Crippen molar-refractivity contribution in [3.05, 3.63) is 94.9 Å². The fourth-order valence-corrected chi connectivity index (χ4v) is 3.13. The highest BCUT2D eigenvalue weighted by molar-refractivity contribution is 6.30. The van der Waals surface area contributed by atoms with Gasteiger partial charge in [0, 0.05) is 23.1 Å². The molecule has 4 rings (SSSR count). The summed E-state index contributed by atoms with van der Waals surface area (Å²) >= 11 is 5.91. The average molecular weight is 392 g/mol. The van der Waals surface area contributed by atoms with E-state index >= 15 is 0 Å². The highest BCUT2D eigenvalue weighted by Crippen LogP contribution is 2.18. The SMILES string of the molecule is Cc1cccc(Cn2nnc(C(=O)Nc3ccc(Cl)cc3)c2-n2cccc2)c1. The summed E-state index contributed by atoms with van der Waals surface area (Å²) in [5.74, 6) is 0.277. The van der Waals surface area contributed by atoms with Crippen LogP contribution in [0, 0.1) is 6.92 Å². The van der Waals surface area contributed by atoms with Crippen LogP contribution in [0.1, 0.15) is 21.6 Å². The van der Waals surface area contributed by atoms with Gasteiger partial charge >= 0.3 is 0 Å². The Morgan fingerprint density at radius 3 is 2.54 bits per heavy atom. The van der Waals surface area contributed by atoms with E-state index in [2.05, 4.69) is 21.7 Å². The summed E-state index contributed by atoms with van der Waals surface area (Å²) in [6.07, 6.45) is 3.73. The van der Waals surface area contributed by atoms with E-state index in [-0.39, 0.29) is 11.6 Å². The van der Waals surface area contributed by atoms with Gasteiger partial charge in [-0.3, -0.25) is 4.79 Å². The van der Waals surface area contributed by atoms with Crippen molar-refractivity contribution >= 4 is 23.2 Å². The fourth-order valence-electron chi connectivity index (χ4n) is 3.00. The summed E-state index contributed by atoms with van der Waals surface area (Å²) in [6.45, 7) is 2.55. The molecule has 1 amide bonds. The maximum atomic E-state index is 12.9. The normalized spacial score (nSPS) is 10.8. The van der Waals surface area contributed by atoms with E-state index in [1.807, 2.05) is 54.2 Å². The van der Waals surface area contributed by atoms with Crippen LogP contribution >= 0.6 is 11.6 Å². The molecule has 28 heavy (non-hydrogen) atoms. The first-order valence-corrected chi connectivity index (χ1v) is 9.17. The van der Waals surface area contributed by atoms with Crippen LogP contribution in [-0.2, 0) is 6.54 Å². The lowest BCUT2D eigenvalue weighted by Crippen LogP contribution is -2.16. The third-order valence-electron chi connectivity index (χ3n) is 4.29. The molecule has 0 saturated carbocycles. The number of benzene rings is 2. The molecule has 0 saturated heterocycles. The van der Waals surface area contributed by atoms with Crippen molar-refractivity contribution in [2.24, 2.45) is 0 Å². The maximum absolute atomic E-state index is 12.9. The molecule has 0 atom stereocenters. The highest BCUT2D eigenvalue weighted by Gasteiger charge is 2.21. The van der Waals surface area contributed by atoms with Crippen molar-refractivity contribution in [2.45, 2.75) is 13.5 Å². The summed E-state index contributed by atoms with van der Waals surface area (Å²) in [5.41, 5.74) is 3.14. The molecule has 140 valence electrons. The van der Waals surface area contributed by atoms with Crippen molar-refractivity contribution < 1.29 is 4.79 Å². The summed E-state index contributed by atoms with van der Waals surface area (Å²) in [5, 5.41) is 11.9. The molecule has 2 aromatic heterocycles. The van der Waals surface area contributed by atoms with Gasteiger partial charge in [0.1, 0.15) is 0 Å². The number of nitrogens with zero attached hydrogens (tertiary/aromatic N) is 4. The van der Waals surface area contributed by atoms with E-state index in [0.717, 1.165) is 5.56 Å². The molecule has 1 N–H and O–H groups in total. The first-order valence-electron chi connectivity index (χ1n) is 8.79. The Hall–Kier alpha value is -3.38. The molecule has 0 aliphatic rings. The molecule has 0 aliphatic carbocycles. The lowest BCUT2D eigenvalue weighted by atomic mass is 10.1. The molecule has 0 fully saturated rings. The minimum Gasteiger partial charge on any atom is -0.320 e. The number of nitrogens with one attached hydrogen (secondary N) is 1. The first kappa shape index (κ1) is 18.0. The predicted octanol–water partition coefficient (Wildman–Crippen LogP) is 4.33. The highest BCUT2D eigenvalue weighted by atomic mass is 35.5. The molecule has 6 nitrogen and oxygen atoms in total. The Morgan fingerprint density at radius 2 is 1.82 bits per heavy atom. The van der Waals surface area contributed by atoms with Crippen LogP contribution in [0.25, 0.3) is 5.82 Å². The summed E-state index contributed by atoms with van der Waals surface area (Å²) in [7, 11) is 0. The molecular formula is C21H18ClN5O. The molecule has 0 aliphatic heterocycles. The Balaban J connectivity index is 1.68. The van der Waals surface area contributed by atoms with Crippen molar-refractivity contribution in [3.63, 3.8) is 0 Å². The van der Waals surface area contributed by atoms with E-state index in [0.29, 0.717) is 23.1 Å². The minimum absolute atomic E-state index is 0.249. The number of aryl methyl sites for hydroxylation is 1. The van der Waals surface area contributed by atoms with Gasteiger partial charge in [-0.05, 0) is 48.9 Å². The van der Waals surface area contributed by atoms with Gasteiger partial charge in [0.05, 0.1) is 6.54 Å². The maximum Gasteiger partial charge on any atom is 0.280 e. The van der Waals surface area contributed by atoms with Crippen molar-refractivity contribution in [1.82, 2.24) is 19.6 Å². The topological polar surface area (TPSA) is 64.7 Å². The average Bonchev–Trinajstić information content (AvgIpc) is 3.33. The van der Waals surface area contributed by atoms with Gasteiger partial charge < -0.3 is 9.88 Å². The molecule has 2 aromatic carbocycles. The lowest BCUT2D eigenvalue weighted by Gasteiger charge is -2.10. The third-order valence-corrected chi connectivity index (χ3v) is 4.54. The quantitative estimate of drug-likeness (QED) is 0.550. The Kier molecular flexibility index (Phi) is 4.95. The Labute approximate surface area is 167 Å². The number of aromatic nitrogens is 4. The van der Waals surface area contributed by atoms with Crippen LogP contribution in [0.5, 0.6) is 0 Å².